The molecular weight excluding hydrogens is 349 g/mol. The van der Waals surface area contributed by atoms with Crippen molar-refractivity contribution in [3.63, 3.8) is 0 Å². The Morgan fingerprint density at radius 3 is 2.38 bits per heavy atom. The lowest BCUT2D eigenvalue weighted by Gasteiger charge is -2.07. The summed E-state index contributed by atoms with van der Waals surface area (Å²) in [6.07, 6.45) is 0. The lowest BCUT2D eigenvalue weighted by atomic mass is 10.2. The summed E-state index contributed by atoms with van der Waals surface area (Å²) in [6, 6.07) is 12.5. The van der Waals surface area contributed by atoms with Gasteiger partial charge in [0.2, 0.25) is 5.91 Å². The monoisotopic (exact) mass is 359 g/mol. The molecule has 0 heterocycles. The van der Waals surface area contributed by atoms with Gasteiger partial charge < -0.3 is 5.32 Å². The highest BCUT2D eigenvalue weighted by Crippen LogP contribution is 2.23. The molecule has 0 saturated heterocycles. The van der Waals surface area contributed by atoms with Crippen molar-refractivity contribution in [2.45, 2.75) is 5.75 Å². The molecule has 2 rings (SSSR count). The van der Waals surface area contributed by atoms with E-state index in [1.54, 1.807) is 18.2 Å². The zero-order valence-corrected chi connectivity index (χ0v) is 14.0. The number of nitrogens with one attached hydrogen (secondary N) is 1. The van der Waals surface area contributed by atoms with Gasteiger partial charge in [0, 0.05) is 26.5 Å². The van der Waals surface area contributed by atoms with Gasteiger partial charge in [-0.3, -0.25) is 4.79 Å². The van der Waals surface area contributed by atoms with Gasteiger partial charge in [-0.2, -0.15) is 0 Å². The van der Waals surface area contributed by atoms with E-state index in [4.69, 9.17) is 34.8 Å². The highest BCUT2D eigenvalue weighted by atomic mass is 35.5. The first-order chi connectivity index (χ1) is 10.0. The number of amides is 1. The standard InChI is InChI=1S/C15H12Cl3NOS/c16-11-5-12(17)7-13(6-11)19-15(20)9-21-8-10-3-1-2-4-14(10)18/h1-7H,8-9H2,(H,19,20). The van der Waals surface area contributed by atoms with E-state index in [1.165, 1.54) is 11.8 Å². The Balaban J connectivity index is 1.84. The second-order valence-corrected chi connectivity index (χ2v) is 6.56. The van der Waals surface area contributed by atoms with E-state index in [0.717, 1.165) is 5.56 Å². The second kappa shape index (κ2) is 7.95. The van der Waals surface area contributed by atoms with Gasteiger partial charge in [-0.25, -0.2) is 0 Å². The number of rotatable bonds is 5. The molecular formula is C15H12Cl3NOS. The van der Waals surface area contributed by atoms with E-state index in [9.17, 15) is 4.79 Å². The SMILES string of the molecule is O=C(CSCc1ccccc1Cl)Nc1cc(Cl)cc(Cl)c1. The Morgan fingerprint density at radius 1 is 1.05 bits per heavy atom. The lowest BCUT2D eigenvalue weighted by Crippen LogP contribution is -2.14. The van der Waals surface area contributed by atoms with Crippen LogP contribution in [0, 0.1) is 0 Å². The Kier molecular flexibility index (Phi) is 6.24. The van der Waals surface area contributed by atoms with E-state index in [1.807, 2.05) is 24.3 Å². The molecule has 0 spiro atoms. The summed E-state index contributed by atoms with van der Waals surface area (Å²) < 4.78 is 0. The number of carbonyl (C=O) groups excluding carboxylic acids is 1. The maximum Gasteiger partial charge on any atom is 0.234 e. The smallest absolute Gasteiger partial charge is 0.234 e. The number of benzene rings is 2. The number of hydrogen-bond acceptors (Lipinski definition) is 2. The first-order valence-electron chi connectivity index (χ1n) is 6.11. The fraction of sp³-hybridized carbons (Fsp3) is 0.133. The molecule has 2 aromatic rings. The Morgan fingerprint density at radius 2 is 1.71 bits per heavy atom. The minimum absolute atomic E-state index is 0.106. The molecule has 0 bridgehead atoms. The van der Waals surface area contributed by atoms with Crippen molar-refractivity contribution in [3.8, 4) is 0 Å². The van der Waals surface area contributed by atoms with Crippen LogP contribution in [0.25, 0.3) is 0 Å². The molecule has 0 atom stereocenters. The number of hydrogen-bond donors (Lipinski definition) is 1. The van der Waals surface area contributed by atoms with E-state index in [0.29, 0.717) is 32.3 Å². The minimum Gasteiger partial charge on any atom is -0.325 e. The van der Waals surface area contributed by atoms with Crippen LogP contribution < -0.4 is 5.32 Å². The van der Waals surface area contributed by atoms with Crippen LogP contribution in [-0.4, -0.2) is 11.7 Å². The summed E-state index contributed by atoms with van der Waals surface area (Å²) in [5, 5.41) is 4.45. The summed E-state index contributed by atoms with van der Waals surface area (Å²) >= 11 is 19.3. The molecule has 0 radical (unpaired) electrons. The fourth-order valence-electron chi connectivity index (χ4n) is 1.69. The van der Waals surface area contributed by atoms with E-state index < -0.39 is 0 Å². The molecule has 0 unspecified atom stereocenters. The van der Waals surface area contributed by atoms with Gasteiger partial charge >= 0.3 is 0 Å². The highest BCUT2D eigenvalue weighted by Gasteiger charge is 2.06. The quantitative estimate of drug-likeness (QED) is 0.760. The molecule has 110 valence electrons. The van der Waals surface area contributed by atoms with Gasteiger partial charge in [-0.15, -0.1) is 11.8 Å². The van der Waals surface area contributed by atoms with E-state index >= 15 is 0 Å². The lowest BCUT2D eigenvalue weighted by molar-refractivity contribution is -0.113. The third kappa shape index (κ3) is 5.44. The number of thioether (sulfide) groups is 1. The Hall–Kier alpha value is -0.870. The summed E-state index contributed by atoms with van der Waals surface area (Å²) in [4.78, 5) is 11.9. The van der Waals surface area contributed by atoms with Gasteiger partial charge in [0.25, 0.3) is 0 Å². The number of anilines is 1. The van der Waals surface area contributed by atoms with Crippen LogP contribution >= 0.6 is 46.6 Å². The van der Waals surface area contributed by atoms with Crippen LogP contribution in [0.3, 0.4) is 0 Å². The summed E-state index contributed by atoms with van der Waals surface area (Å²) in [6.45, 7) is 0. The van der Waals surface area contributed by atoms with Crippen LogP contribution in [0.5, 0.6) is 0 Å². The largest absolute Gasteiger partial charge is 0.325 e. The van der Waals surface area contributed by atoms with Gasteiger partial charge in [0.15, 0.2) is 0 Å². The van der Waals surface area contributed by atoms with Crippen molar-refractivity contribution in [2.24, 2.45) is 0 Å². The van der Waals surface area contributed by atoms with Gasteiger partial charge in [-0.05, 0) is 29.8 Å². The van der Waals surface area contributed by atoms with E-state index in [-0.39, 0.29) is 5.91 Å². The molecule has 2 aromatic carbocycles. The first kappa shape index (κ1) is 16.5. The molecule has 0 aliphatic rings. The second-order valence-electron chi connectivity index (χ2n) is 4.29. The average Bonchev–Trinajstić information content (AvgIpc) is 2.39. The topological polar surface area (TPSA) is 29.1 Å². The third-order valence-electron chi connectivity index (χ3n) is 2.59. The van der Waals surface area contributed by atoms with Gasteiger partial charge in [0.05, 0.1) is 5.75 Å². The molecule has 0 aromatic heterocycles. The summed E-state index contributed by atoms with van der Waals surface area (Å²) in [5.74, 6) is 0.907. The normalized spacial score (nSPS) is 10.4. The van der Waals surface area contributed by atoms with Crippen molar-refractivity contribution in [3.05, 3.63) is 63.1 Å². The predicted molar refractivity (Wildman–Crippen MR) is 92.7 cm³/mol. The summed E-state index contributed by atoms with van der Waals surface area (Å²) in [5.41, 5.74) is 1.61. The van der Waals surface area contributed by atoms with Crippen molar-refractivity contribution in [1.82, 2.24) is 0 Å². The van der Waals surface area contributed by atoms with Crippen LogP contribution in [0.2, 0.25) is 15.1 Å². The summed E-state index contributed by atoms with van der Waals surface area (Å²) in [7, 11) is 0. The zero-order valence-electron chi connectivity index (χ0n) is 10.9. The minimum atomic E-state index is -0.106. The highest BCUT2D eigenvalue weighted by molar-refractivity contribution is 7.99. The molecule has 0 aliphatic heterocycles. The van der Waals surface area contributed by atoms with Gasteiger partial charge in [-0.1, -0.05) is 53.0 Å². The van der Waals surface area contributed by atoms with Crippen LogP contribution in [0.15, 0.2) is 42.5 Å². The van der Waals surface area contributed by atoms with Crippen LogP contribution in [0.4, 0.5) is 5.69 Å². The maximum absolute atomic E-state index is 11.9. The Bertz CT molecular complexity index is 628. The van der Waals surface area contributed by atoms with Crippen molar-refractivity contribution in [2.75, 3.05) is 11.1 Å². The molecule has 0 fully saturated rings. The van der Waals surface area contributed by atoms with Crippen LogP contribution in [-0.2, 0) is 10.5 Å². The van der Waals surface area contributed by atoms with Crippen molar-refractivity contribution in [1.29, 1.82) is 0 Å². The van der Waals surface area contributed by atoms with E-state index in [2.05, 4.69) is 5.32 Å². The molecule has 0 aliphatic carbocycles. The first-order valence-corrected chi connectivity index (χ1v) is 8.40. The fourth-order valence-corrected chi connectivity index (χ4v) is 3.33. The number of carbonyl (C=O) groups is 1. The molecule has 2 nitrogen and oxygen atoms in total. The number of halogens is 3. The van der Waals surface area contributed by atoms with Gasteiger partial charge in [0.1, 0.15) is 0 Å². The molecule has 6 heteroatoms. The maximum atomic E-state index is 11.9. The zero-order chi connectivity index (χ0) is 15.2. The molecule has 0 saturated carbocycles. The predicted octanol–water partition coefficient (Wildman–Crippen LogP) is 5.52. The Labute approximate surface area is 142 Å². The molecule has 1 amide bonds. The molecule has 21 heavy (non-hydrogen) atoms. The third-order valence-corrected chi connectivity index (χ3v) is 4.38. The van der Waals surface area contributed by atoms with Crippen LogP contribution in [0.1, 0.15) is 5.56 Å². The average molecular weight is 361 g/mol. The van der Waals surface area contributed by atoms with Crippen molar-refractivity contribution < 1.29 is 4.79 Å². The molecule has 1 N–H and O–H groups in total. The van der Waals surface area contributed by atoms with Crippen molar-refractivity contribution >= 4 is 58.2 Å².